The lowest BCUT2D eigenvalue weighted by Crippen LogP contribution is -2.32. The second-order valence-electron chi connectivity index (χ2n) is 4.89. The van der Waals surface area contributed by atoms with Crippen LogP contribution >= 0.6 is 11.8 Å². The van der Waals surface area contributed by atoms with Crippen LogP contribution in [-0.4, -0.2) is 59.4 Å². The van der Waals surface area contributed by atoms with Crippen molar-refractivity contribution in [1.29, 1.82) is 0 Å². The molecule has 3 amide bonds. The van der Waals surface area contributed by atoms with E-state index in [0.29, 0.717) is 24.6 Å². The van der Waals surface area contributed by atoms with E-state index in [1.165, 1.54) is 6.92 Å². The van der Waals surface area contributed by atoms with Gasteiger partial charge in [-0.25, -0.2) is 4.79 Å². The molecule has 0 unspecified atom stereocenters. The number of carbonyl (C=O) groups is 5. The molecule has 0 spiro atoms. The van der Waals surface area contributed by atoms with Crippen molar-refractivity contribution < 1.29 is 33.5 Å². The number of ether oxygens (including phenoxy) is 1. The van der Waals surface area contributed by atoms with Crippen LogP contribution in [0.1, 0.15) is 32.6 Å². The summed E-state index contributed by atoms with van der Waals surface area (Å²) in [6.45, 7) is 2.21. The third-order valence-electron chi connectivity index (χ3n) is 2.84. The number of carbonyl (C=O) groups excluding carboxylic acids is 5. The van der Waals surface area contributed by atoms with Gasteiger partial charge in [-0.1, -0.05) is 11.8 Å². The number of thioether (sulfide) groups is 1. The summed E-state index contributed by atoms with van der Waals surface area (Å²) >= 11 is 0.942. The van der Waals surface area contributed by atoms with Crippen LogP contribution in [0.25, 0.3) is 0 Å². The second-order valence-corrected chi connectivity index (χ2v) is 6.04. The second kappa shape index (κ2) is 10.8. The van der Waals surface area contributed by atoms with Gasteiger partial charge in [0.05, 0.1) is 18.8 Å². The van der Waals surface area contributed by atoms with Gasteiger partial charge in [-0.15, -0.1) is 5.06 Å². The molecule has 0 aromatic rings. The molecule has 1 aliphatic heterocycles. The molecule has 0 bridgehead atoms. The van der Waals surface area contributed by atoms with Gasteiger partial charge in [0.25, 0.3) is 11.8 Å². The van der Waals surface area contributed by atoms with E-state index in [1.807, 2.05) is 0 Å². The van der Waals surface area contributed by atoms with Crippen molar-refractivity contribution in [3.05, 3.63) is 0 Å². The van der Waals surface area contributed by atoms with Gasteiger partial charge in [0.15, 0.2) is 5.12 Å². The van der Waals surface area contributed by atoms with Gasteiger partial charge in [-0.3, -0.25) is 19.2 Å². The Hall–Kier alpha value is -1.94. The fourth-order valence-electron chi connectivity index (χ4n) is 1.68. The van der Waals surface area contributed by atoms with Gasteiger partial charge in [0.2, 0.25) is 5.91 Å². The molecule has 1 aliphatic rings. The maximum Gasteiger partial charge on any atom is 0.335 e. The minimum absolute atomic E-state index is 0.0548. The smallest absolute Gasteiger partial charge is 0.335 e. The molecule has 0 aromatic carbocycles. The summed E-state index contributed by atoms with van der Waals surface area (Å²) < 4.78 is 5.20. The first-order chi connectivity index (χ1) is 11.4. The number of amides is 3. The predicted molar refractivity (Wildman–Crippen MR) is 83.4 cm³/mol. The Morgan fingerprint density at radius 3 is 2.46 bits per heavy atom. The molecular formula is C14H20N2O7S. The highest BCUT2D eigenvalue weighted by Gasteiger charge is 2.32. The van der Waals surface area contributed by atoms with E-state index < -0.39 is 17.8 Å². The van der Waals surface area contributed by atoms with Crippen LogP contribution in [0.5, 0.6) is 0 Å². The van der Waals surface area contributed by atoms with E-state index in [0.717, 1.165) is 11.8 Å². The van der Waals surface area contributed by atoms with E-state index >= 15 is 0 Å². The van der Waals surface area contributed by atoms with Gasteiger partial charge in [0, 0.05) is 32.9 Å². The Morgan fingerprint density at radius 2 is 1.83 bits per heavy atom. The lowest BCUT2D eigenvalue weighted by atomic mass is 10.4. The zero-order valence-corrected chi connectivity index (χ0v) is 14.2. The number of hydrogen-bond donors (Lipinski definition) is 1. The average molecular weight is 360 g/mol. The first kappa shape index (κ1) is 20.1. The van der Waals surface area contributed by atoms with Gasteiger partial charge in [-0.05, 0) is 6.42 Å². The van der Waals surface area contributed by atoms with Gasteiger partial charge in [0.1, 0.15) is 0 Å². The minimum Gasteiger partial charge on any atom is -0.381 e. The van der Waals surface area contributed by atoms with E-state index in [4.69, 9.17) is 4.74 Å². The summed E-state index contributed by atoms with van der Waals surface area (Å²) in [6.07, 6.45) is 0.575. The largest absolute Gasteiger partial charge is 0.381 e. The van der Waals surface area contributed by atoms with Crippen LogP contribution in [0.15, 0.2) is 0 Å². The van der Waals surface area contributed by atoms with Crippen molar-refractivity contribution in [3.8, 4) is 0 Å². The highest BCUT2D eigenvalue weighted by atomic mass is 32.2. The Labute approximate surface area is 143 Å². The maximum atomic E-state index is 11.5. The number of imide groups is 1. The Bertz CT molecular complexity index is 493. The van der Waals surface area contributed by atoms with Crippen LogP contribution in [0, 0.1) is 0 Å². The molecule has 1 saturated heterocycles. The summed E-state index contributed by atoms with van der Waals surface area (Å²) in [5.74, 6) is -1.89. The highest BCUT2D eigenvalue weighted by Crippen LogP contribution is 2.12. The molecule has 10 heteroatoms. The fraction of sp³-hybridized carbons (Fsp3) is 0.643. The van der Waals surface area contributed by atoms with Crippen LogP contribution < -0.4 is 5.32 Å². The number of nitrogens with one attached hydrogen (secondary N) is 1. The third kappa shape index (κ3) is 8.06. The molecule has 0 atom stereocenters. The number of hydrogen-bond acceptors (Lipinski definition) is 8. The number of rotatable bonds is 10. The molecule has 24 heavy (non-hydrogen) atoms. The van der Waals surface area contributed by atoms with Gasteiger partial charge >= 0.3 is 5.97 Å². The van der Waals surface area contributed by atoms with E-state index in [9.17, 15) is 24.0 Å². The molecular weight excluding hydrogens is 340 g/mol. The molecule has 0 radical (unpaired) electrons. The molecule has 0 saturated carbocycles. The van der Waals surface area contributed by atoms with E-state index in [2.05, 4.69) is 10.2 Å². The topological polar surface area (TPSA) is 119 Å². The van der Waals surface area contributed by atoms with Crippen LogP contribution in [0.4, 0.5) is 0 Å². The van der Waals surface area contributed by atoms with Crippen molar-refractivity contribution in [2.75, 3.05) is 25.5 Å². The standard InChI is InChI=1S/C14H20N2O7S/c1-10(17)24-9-11(18)15-6-2-7-22-8-5-14(21)23-16-12(19)3-4-13(16)20/h2-9H2,1H3,(H,15,18). The zero-order valence-electron chi connectivity index (χ0n) is 13.4. The van der Waals surface area contributed by atoms with Crippen molar-refractivity contribution in [1.82, 2.24) is 10.4 Å². The maximum absolute atomic E-state index is 11.5. The Kier molecular flexibility index (Phi) is 9.02. The molecule has 1 heterocycles. The lowest BCUT2D eigenvalue weighted by molar-refractivity contribution is -0.198. The molecule has 1 N–H and O–H groups in total. The normalized spacial score (nSPS) is 14.0. The number of nitrogens with zero attached hydrogens (tertiary/aromatic N) is 1. The highest BCUT2D eigenvalue weighted by molar-refractivity contribution is 8.14. The zero-order chi connectivity index (χ0) is 17.9. The fourth-order valence-corrected chi connectivity index (χ4v) is 2.12. The Balaban J connectivity index is 1.99. The molecule has 0 aliphatic carbocycles. The van der Waals surface area contributed by atoms with Crippen molar-refractivity contribution in [2.45, 2.75) is 32.6 Å². The SMILES string of the molecule is CC(=O)SCC(=O)NCCCOCCC(=O)ON1C(=O)CCC1=O. The van der Waals surface area contributed by atoms with Gasteiger partial charge in [-0.2, -0.15) is 0 Å². The van der Waals surface area contributed by atoms with Gasteiger partial charge < -0.3 is 14.9 Å². The van der Waals surface area contributed by atoms with Crippen molar-refractivity contribution in [2.24, 2.45) is 0 Å². The molecule has 1 fully saturated rings. The molecule has 134 valence electrons. The van der Waals surface area contributed by atoms with E-state index in [-0.39, 0.29) is 42.6 Å². The summed E-state index contributed by atoms with van der Waals surface area (Å²) in [4.78, 5) is 60.6. The quantitative estimate of drug-likeness (QED) is 0.420. The summed E-state index contributed by atoms with van der Waals surface area (Å²) in [5.41, 5.74) is 0. The Morgan fingerprint density at radius 1 is 1.17 bits per heavy atom. The van der Waals surface area contributed by atoms with Crippen LogP contribution in [0.2, 0.25) is 0 Å². The predicted octanol–water partition coefficient (Wildman–Crippen LogP) is -0.214. The third-order valence-corrected chi connectivity index (χ3v) is 3.66. The summed E-state index contributed by atoms with van der Waals surface area (Å²) in [7, 11) is 0. The van der Waals surface area contributed by atoms with Crippen molar-refractivity contribution in [3.63, 3.8) is 0 Å². The average Bonchev–Trinajstić information content (AvgIpc) is 2.83. The minimum atomic E-state index is -0.715. The van der Waals surface area contributed by atoms with Crippen molar-refractivity contribution >= 4 is 40.6 Å². The first-order valence-electron chi connectivity index (χ1n) is 7.44. The monoisotopic (exact) mass is 360 g/mol. The molecule has 1 rings (SSSR count). The summed E-state index contributed by atoms with van der Waals surface area (Å²) in [5, 5.41) is 3.01. The first-order valence-corrected chi connectivity index (χ1v) is 8.43. The number of hydroxylamine groups is 2. The van der Waals surface area contributed by atoms with E-state index in [1.54, 1.807) is 0 Å². The van der Waals surface area contributed by atoms with Crippen LogP contribution in [0.3, 0.4) is 0 Å². The molecule has 0 aromatic heterocycles. The molecule has 9 nitrogen and oxygen atoms in total. The lowest BCUT2D eigenvalue weighted by Gasteiger charge is -2.12. The van der Waals surface area contributed by atoms with Crippen LogP contribution in [-0.2, 0) is 33.5 Å². The summed E-state index contributed by atoms with van der Waals surface area (Å²) in [6, 6.07) is 0.